The average molecular weight is 295 g/mol. The summed E-state index contributed by atoms with van der Waals surface area (Å²) in [5.41, 5.74) is 7.44. The summed E-state index contributed by atoms with van der Waals surface area (Å²) in [5, 5.41) is 5.04. The molecular weight excluding hydrogens is 281 g/mol. The lowest BCUT2D eigenvalue weighted by Crippen LogP contribution is -2.15. The first-order valence-corrected chi connectivity index (χ1v) is 7.25. The van der Waals surface area contributed by atoms with Crippen LogP contribution in [0.15, 0.2) is 47.4 Å². The van der Waals surface area contributed by atoms with Crippen LogP contribution in [-0.4, -0.2) is 15.5 Å². The van der Waals surface area contributed by atoms with E-state index in [0.717, 1.165) is 5.69 Å². The Kier molecular flexibility index (Phi) is 3.65. The first kappa shape index (κ1) is 14.3. The van der Waals surface area contributed by atoms with E-state index < -0.39 is 10.0 Å². The van der Waals surface area contributed by atoms with Crippen LogP contribution in [0.2, 0.25) is 0 Å². The molecule has 0 spiro atoms. The van der Waals surface area contributed by atoms with Crippen molar-refractivity contribution in [2.75, 3.05) is 17.7 Å². The quantitative estimate of drug-likeness (QED) is 0.845. The van der Waals surface area contributed by atoms with Crippen molar-refractivity contribution in [3.63, 3.8) is 0 Å². The number of rotatable bonds is 3. The molecule has 7 heteroatoms. The highest BCUT2D eigenvalue weighted by Gasteiger charge is 2.13. The van der Waals surface area contributed by atoms with E-state index in [1.165, 1.54) is 24.3 Å². The van der Waals surface area contributed by atoms with Gasteiger partial charge in [-0.05, 0) is 42.5 Å². The van der Waals surface area contributed by atoms with Crippen molar-refractivity contribution in [3.05, 3.63) is 48.3 Å². The van der Waals surface area contributed by atoms with E-state index in [1.807, 2.05) is 0 Å². The van der Waals surface area contributed by atoms with E-state index in [4.69, 9.17) is 10.9 Å². The first-order valence-electron chi connectivity index (χ1n) is 5.70. The highest BCUT2D eigenvalue weighted by Crippen LogP contribution is 2.30. The van der Waals surface area contributed by atoms with E-state index >= 15 is 0 Å². The summed E-state index contributed by atoms with van der Waals surface area (Å²) >= 11 is 0. The lowest BCUT2D eigenvalue weighted by molar-refractivity contribution is 0.598. The second-order valence-electron chi connectivity index (χ2n) is 4.30. The Bertz CT molecular complexity index is 730. The van der Waals surface area contributed by atoms with Crippen molar-refractivity contribution in [3.8, 4) is 0 Å². The molecule has 0 bridgehead atoms. The fourth-order valence-corrected chi connectivity index (χ4v) is 2.37. The van der Waals surface area contributed by atoms with Crippen LogP contribution in [0.1, 0.15) is 0 Å². The Hall–Kier alpha value is -2.12. The van der Waals surface area contributed by atoms with Crippen molar-refractivity contribution < 1.29 is 12.8 Å². The van der Waals surface area contributed by atoms with Crippen molar-refractivity contribution in [2.45, 2.75) is 4.90 Å². The summed E-state index contributed by atoms with van der Waals surface area (Å²) in [7, 11) is -2.04. The van der Waals surface area contributed by atoms with Crippen LogP contribution in [0.3, 0.4) is 0 Å². The number of anilines is 3. The topological polar surface area (TPSA) is 89.4 Å². The van der Waals surface area contributed by atoms with Gasteiger partial charge in [0.05, 0.1) is 16.3 Å². The van der Waals surface area contributed by atoms with Gasteiger partial charge in [-0.1, -0.05) is 0 Å². The van der Waals surface area contributed by atoms with Crippen molar-refractivity contribution in [1.82, 2.24) is 0 Å². The Balaban J connectivity index is 2.41. The van der Waals surface area contributed by atoms with Gasteiger partial charge < -0.3 is 10.6 Å². The van der Waals surface area contributed by atoms with Crippen LogP contribution >= 0.6 is 0 Å². The van der Waals surface area contributed by atoms with E-state index in [1.54, 1.807) is 30.1 Å². The zero-order chi connectivity index (χ0) is 14.9. The van der Waals surface area contributed by atoms with Crippen LogP contribution in [0.5, 0.6) is 0 Å². The lowest BCUT2D eigenvalue weighted by atomic mass is 10.2. The van der Waals surface area contributed by atoms with E-state index in [-0.39, 0.29) is 16.4 Å². The molecule has 2 rings (SSSR count). The molecule has 0 aliphatic carbocycles. The van der Waals surface area contributed by atoms with Gasteiger partial charge in [0.2, 0.25) is 10.0 Å². The van der Waals surface area contributed by atoms with Gasteiger partial charge in [0, 0.05) is 12.7 Å². The monoisotopic (exact) mass is 295 g/mol. The molecule has 0 unspecified atom stereocenters. The molecule has 0 fully saturated rings. The van der Waals surface area contributed by atoms with Gasteiger partial charge in [-0.15, -0.1) is 0 Å². The summed E-state index contributed by atoms with van der Waals surface area (Å²) < 4.78 is 35.4. The largest absolute Gasteiger partial charge is 0.397 e. The molecule has 5 nitrogen and oxygen atoms in total. The minimum atomic E-state index is -3.79. The summed E-state index contributed by atoms with van der Waals surface area (Å²) in [6, 6.07) is 10.1. The molecule has 106 valence electrons. The average Bonchev–Trinajstić information content (AvgIpc) is 2.37. The number of nitrogens with two attached hydrogens (primary N) is 2. The minimum Gasteiger partial charge on any atom is -0.397 e. The summed E-state index contributed by atoms with van der Waals surface area (Å²) in [6.07, 6.45) is 0. The molecule has 0 amide bonds. The predicted octanol–water partition coefficient (Wildman–Crippen LogP) is 1.82. The second kappa shape index (κ2) is 5.10. The Morgan fingerprint density at radius 3 is 2.20 bits per heavy atom. The Morgan fingerprint density at radius 2 is 1.70 bits per heavy atom. The van der Waals surface area contributed by atoms with Crippen LogP contribution in [-0.2, 0) is 10.0 Å². The highest BCUT2D eigenvalue weighted by molar-refractivity contribution is 7.89. The molecule has 0 aliphatic rings. The predicted molar refractivity (Wildman–Crippen MR) is 76.7 cm³/mol. The molecule has 0 aromatic heterocycles. The maximum atomic E-state index is 12.9. The Morgan fingerprint density at radius 1 is 1.10 bits per heavy atom. The zero-order valence-electron chi connectivity index (χ0n) is 10.7. The summed E-state index contributed by atoms with van der Waals surface area (Å²) in [6.45, 7) is 0. The van der Waals surface area contributed by atoms with Gasteiger partial charge in [-0.2, -0.15) is 0 Å². The standard InChI is InChI=1S/C13H14FN3O2S/c1-17(10-4-2-9(14)3-5-10)13-7-6-11(8-12(13)15)20(16,18)19/h2-8H,15H2,1H3,(H2,16,18,19). The van der Waals surface area contributed by atoms with Crippen molar-refractivity contribution >= 4 is 27.1 Å². The highest BCUT2D eigenvalue weighted by atomic mass is 32.2. The molecule has 0 saturated heterocycles. The number of hydrogen-bond donors (Lipinski definition) is 2. The molecule has 4 N–H and O–H groups in total. The van der Waals surface area contributed by atoms with E-state index in [2.05, 4.69) is 0 Å². The van der Waals surface area contributed by atoms with Gasteiger partial charge in [0.25, 0.3) is 0 Å². The number of benzene rings is 2. The van der Waals surface area contributed by atoms with Gasteiger partial charge in [-0.3, -0.25) is 0 Å². The van der Waals surface area contributed by atoms with Crippen LogP contribution in [0.4, 0.5) is 21.5 Å². The third kappa shape index (κ3) is 2.89. The SMILES string of the molecule is CN(c1ccc(F)cc1)c1ccc(S(N)(=O)=O)cc1N. The van der Waals surface area contributed by atoms with Crippen LogP contribution in [0.25, 0.3) is 0 Å². The fourth-order valence-electron chi connectivity index (χ4n) is 1.82. The molecular formula is C13H14FN3O2S. The molecule has 0 radical (unpaired) electrons. The third-order valence-corrected chi connectivity index (χ3v) is 3.81. The van der Waals surface area contributed by atoms with Gasteiger partial charge in [-0.25, -0.2) is 17.9 Å². The second-order valence-corrected chi connectivity index (χ2v) is 5.86. The van der Waals surface area contributed by atoms with Crippen LogP contribution in [0, 0.1) is 5.82 Å². The van der Waals surface area contributed by atoms with Gasteiger partial charge >= 0.3 is 0 Å². The summed E-state index contributed by atoms with van der Waals surface area (Å²) in [5.74, 6) is -0.334. The number of nitrogens with zero attached hydrogens (tertiary/aromatic N) is 1. The molecule has 2 aromatic rings. The molecule has 0 heterocycles. The third-order valence-electron chi connectivity index (χ3n) is 2.90. The maximum Gasteiger partial charge on any atom is 0.238 e. The molecule has 0 aliphatic heterocycles. The number of halogens is 1. The normalized spacial score (nSPS) is 11.3. The lowest BCUT2D eigenvalue weighted by Gasteiger charge is -2.21. The number of hydrogen-bond acceptors (Lipinski definition) is 4. The maximum absolute atomic E-state index is 12.9. The smallest absolute Gasteiger partial charge is 0.238 e. The van der Waals surface area contributed by atoms with Gasteiger partial charge in [0.1, 0.15) is 5.82 Å². The molecule has 0 atom stereocenters. The van der Waals surface area contributed by atoms with E-state index in [9.17, 15) is 12.8 Å². The van der Waals surface area contributed by atoms with Crippen molar-refractivity contribution in [1.29, 1.82) is 0 Å². The van der Waals surface area contributed by atoms with Crippen molar-refractivity contribution in [2.24, 2.45) is 5.14 Å². The summed E-state index contributed by atoms with van der Waals surface area (Å²) in [4.78, 5) is 1.67. The Labute approximate surface area is 116 Å². The first-order chi connectivity index (χ1) is 9.29. The van der Waals surface area contributed by atoms with E-state index in [0.29, 0.717) is 5.69 Å². The minimum absolute atomic E-state index is 0.0498. The zero-order valence-corrected chi connectivity index (χ0v) is 11.6. The molecule has 2 aromatic carbocycles. The number of sulfonamides is 1. The van der Waals surface area contributed by atoms with Gasteiger partial charge in [0.15, 0.2) is 0 Å². The number of nitrogen functional groups attached to an aromatic ring is 1. The molecule has 0 saturated carbocycles. The molecule has 20 heavy (non-hydrogen) atoms. The number of primary sulfonamides is 1. The fraction of sp³-hybridized carbons (Fsp3) is 0.0769. The van der Waals surface area contributed by atoms with Crippen LogP contribution < -0.4 is 15.8 Å².